The van der Waals surface area contributed by atoms with E-state index in [1.54, 1.807) is 16.8 Å². The number of hydrogen-bond donors (Lipinski definition) is 1. The van der Waals surface area contributed by atoms with Gasteiger partial charge in [0.1, 0.15) is 17.7 Å². The van der Waals surface area contributed by atoms with Gasteiger partial charge in [0.25, 0.3) is 0 Å². The SMILES string of the molecule is Cc1c(C#N)c(NC(=O)CSc2nnnn2Cc2ccccc2)n(Cc2ccc(F)cc2)c1C. The third kappa shape index (κ3) is 5.15. The van der Waals surface area contributed by atoms with E-state index < -0.39 is 0 Å². The second kappa shape index (κ2) is 10.3. The van der Waals surface area contributed by atoms with Crippen molar-refractivity contribution in [3.05, 3.63) is 88.4 Å². The molecule has 0 fully saturated rings. The van der Waals surface area contributed by atoms with Gasteiger partial charge in [-0.05, 0) is 53.1 Å². The number of rotatable bonds is 8. The van der Waals surface area contributed by atoms with E-state index in [0.29, 0.717) is 29.6 Å². The zero-order valence-electron chi connectivity index (χ0n) is 18.7. The van der Waals surface area contributed by atoms with Crippen molar-refractivity contribution in [2.75, 3.05) is 11.1 Å². The van der Waals surface area contributed by atoms with E-state index >= 15 is 0 Å². The molecule has 10 heteroatoms. The highest BCUT2D eigenvalue weighted by molar-refractivity contribution is 7.99. The van der Waals surface area contributed by atoms with Gasteiger partial charge in [0, 0.05) is 12.2 Å². The Morgan fingerprint density at radius 3 is 2.50 bits per heavy atom. The molecule has 8 nitrogen and oxygen atoms in total. The van der Waals surface area contributed by atoms with E-state index in [1.165, 1.54) is 23.9 Å². The Labute approximate surface area is 200 Å². The zero-order chi connectivity index (χ0) is 24.1. The Bertz CT molecular complexity index is 1340. The lowest BCUT2D eigenvalue weighted by atomic mass is 10.2. The number of thioether (sulfide) groups is 1. The summed E-state index contributed by atoms with van der Waals surface area (Å²) in [5.74, 6) is -0.105. The first-order valence-electron chi connectivity index (χ1n) is 10.5. The fourth-order valence-electron chi connectivity index (χ4n) is 3.55. The van der Waals surface area contributed by atoms with E-state index in [9.17, 15) is 14.4 Å². The summed E-state index contributed by atoms with van der Waals surface area (Å²) < 4.78 is 16.8. The first kappa shape index (κ1) is 23.2. The second-order valence-electron chi connectivity index (χ2n) is 7.70. The largest absolute Gasteiger partial charge is 0.326 e. The van der Waals surface area contributed by atoms with Crippen molar-refractivity contribution >= 4 is 23.5 Å². The van der Waals surface area contributed by atoms with Gasteiger partial charge in [-0.3, -0.25) is 4.79 Å². The lowest BCUT2D eigenvalue weighted by Gasteiger charge is -2.13. The Balaban J connectivity index is 1.48. The molecule has 0 unspecified atom stereocenters. The fourth-order valence-corrected chi connectivity index (χ4v) is 4.23. The van der Waals surface area contributed by atoms with Crippen molar-refractivity contribution < 1.29 is 9.18 Å². The summed E-state index contributed by atoms with van der Waals surface area (Å²) in [5.41, 5.74) is 3.96. The highest BCUT2D eigenvalue weighted by Crippen LogP contribution is 2.28. The van der Waals surface area contributed by atoms with Crippen molar-refractivity contribution in [2.24, 2.45) is 0 Å². The number of carbonyl (C=O) groups excluding carboxylic acids is 1. The quantitative estimate of drug-likeness (QED) is 0.388. The van der Waals surface area contributed by atoms with Crippen LogP contribution in [0.2, 0.25) is 0 Å². The maximum absolute atomic E-state index is 13.3. The molecule has 1 amide bonds. The maximum atomic E-state index is 13.3. The van der Waals surface area contributed by atoms with Crippen LogP contribution in [-0.4, -0.2) is 36.4 Å². The van der Waals surface area contributed by atoms with Crippen LogP contribution < -0.4 is 5.32 Å². The summed E-state index contributed by atoms with van der Waals surface area (Å²) >= 11 is 1.22. The molecule has 0 bridgehead atoms. The maximum Gasteiger partial charge on any atom is 0.235 e. The average molecular weight is 476 g/mol. The lowest BCUT2D eigenvalue weighted by Crippen LogP contribution is -2.19. The third-order valence-electron chi connectivity index (χ3n) is 5.46. The topological polar surface area (TPSA) is 101 Å². The molecule has 0 aliphatic carbocycles. The summed E-state index contributed by atoms with van der Waals surface area (Å²) in [6.07, 6.45) is 0. The number of amides is 1. The van der Waals surface area contributed by atoms with Crippen LogP contribution in [0.4, 0.5) is 10.2 Å². The number of anilines is 1. The van der Waals surface area contributed by atoms with Gasteiger partial charge in [0.2, 0.25) is 11.1 Å². The fraction of sp³-hybridized carbons (Fsp3) is 0.208. The highest BCUT2D eigenvalue weighted by Gasteiger charge is 2.20. The summed E-state index contributed by atoms with van der Waals surface area (Å²) in [6, 6.07) is 18.1. The minimum absolute atomic E-state index is 0.0693. The molecule has 1 N–H and O–H groups in total. The Hall–Kier alpha value is -3.97. The van der Waals surface area contributed by atoms with Gasteiger partial charge in [-0.2, -0.15) is 5.26 Å². The third-order valence-corrected chi connectivity index (χ3v) is 6.42. The van der Waals surface area contributed by atoms with Gasteiger partial charge < -0.3 is 9.88 Å². The van der Waals surface area contributed by atoms with Gasteiger partial charge in [0.15, 0.2) is 0 Å². The summed E-state index contributed by atoms with van der Waals surface area (Å²) in [4.78, 5) is 12.8. The smallest absolute Gasteiger partial charge is 0.235 e. The first-order chi connectivity index (χ1) is 16.5. The van der Waals surface area contributed by atoms with Gasteiger partial charge >= 0.3 is 0 Å². The molecular weight excluding hydrogens is 453 g/mol. The van der Waals surface area contributed by atoms with Crippen molar-refractivity contribution in [3.8, 4) is 6.07 Å². The molecule has 0 aliphatic rings. The molecule has 2 aromatic heterocycles. The van der Waals surface area contributed by atoms with Gasteiger partial charge in [-0.25, -0.2) is 9.07 Å². The Morgan fingerprint density at radius 2 is 1.79 bits per heavy atom. The predicted octanol–water partition coefficient (Wildman–Crippen LogP) is 3.93. The highest BCUT2D eigenvalue weighted by atomic mass is 32.2. The molecule has 172 valence electrons. The second-order valence-corrected chi connectivity index (χ2v) is 8.64. The normalized spacial score (nSPS) is 10.8. The number of nitrogens with one attached hydrogen (secondary N) is 1. The molecule has 0 radical (unpaired) electrons. The number of nitrogens with zero attached hydrogens (tertiary/aromatic N) is 6. The number of aromatic nitrogens is 5. The van der Waals surface area contributed by atoms with Crippen LogP contribution in [0.5, 0.6) is 0 Å². The van der Waals surface area contributed by atoms with Crippen molar-refractivity contribution in [1.82, 2.24) is 24.8 Å². The Morgan fingerprint density at radius 1 is 1.09 bits per heavy atom. The number of hydrogen-bond acceptors (Lipinski definition) is 6. The molecule has 0 saturated heterocycles. The molecule has 4 aromatic rings. The molecule has 34 heavy (non-hydrogen) atoms. The number of carbonyl (C=O) groups is 1. The molecule has 0 atom stereocenters. The lowest BCUT2D eigenvalue weighted by molar-refractivity contribution is -0.113. The summed E-state index contributed by atoms with van der Waals surface area (Å²) in [5, 5.41) is 24.9. The van der Waals surface area contributed by atoms with Crippen LogP contribution in [0.25, 0.3) is 0 Å². The van der Waals surface area contributed by atoms with Crippen LogP contribution >= 0.6 is 11.8 Å². The van der Waals surface area contributed by atoms with Crippen LogP contribution in [0.15, 0.2) is 59.8 Å². The standard InChI is InChI=1S/C24H22FN7OS/c1-16-17(2)31(13-19-8-10-20(25)11-9-19)23(21(16)12-26)27-22(33)15-34-24-28-29-30-32(24)14-18-6-4-3-5-7-18/h3-11H,13-15H2,1-2H3,(H,27,33). The molecule has 2 heterocycles. The first-order valence-corrected chi connectivity index (χ1v) is 11.5. The Kier molecular flexibility index (Phi) is 7.04. The van der Waals surface area contributed by atoms with Crippen molar-refractivity contribution in [2.45, 2.75) is 32.1 Å². The van der Waals surface area contributed by atoms with Gasteiger partial charge in [-0.1, -0.05) is 54.2 Å². The van der Waals surface area contributed by atoms with Gasteiger partial charge in [-0.15, -0.1) is 5.10 Å². The van der Waals surface area contributed by atoms with E-state index in [1.807, 2.05) is 48.7 Å². The summed E-state index contributed by atoms with van der Waals surface area (Å²) in [6.45, 7) is 4.63. The number of halogens is 1. The number of nitriles is 1. The van der Waals surface area contributed by atoms with Crippen LogP contribution in [0, 0.1) is 31.0 Å². The van der Waals surface area contributed by atoms with Crippen LogP contribution in [-0.2, 0) is 17.9 Å². The average Bonchev–Trinajstić information content (AvgIpc) is 3.37. The van der Waals surface area contributed by atoms with E-state index in [-0.39, 0.29) is 17.5 Å². The predicted molar refractivity (Wildman–Crippen MR) is 127 cm³/mol. The van der Waals surface area contributed by atoms with Crippen molar-refractivity contribution in [1.29, 1.82) is 5.26 Å². The molecule has 0 saturated carbocycles. The molecule has 2 aromatic carbocycles. The van der Waals surface area contributed by atoms with E-state index in [2.05, 4.69) is 26.9 Å². The van der Waals surface area contributed by atoms with E-state index in [4.69, 9.17) is 0 Å². The monoisotopic (exact) mass is 475 g/mol. The minimum Gasteiger partial charge on any atom is -0.326 e. The molecular formula is C24H22FN7OS. The van der Waals surface area contributed by atoms with Crippen LogP contribution in [0.3, 0.4) is 0 Å². The van der Waals surface area contributed by atoms with E-state index in [0.717, 1.165) is 22.4 Å². The zero-order valence-corrected chi connectivity index (χ0v) is 19.5. The van der Waals surface area contributed by atoms with Crippen molar-refractivity contribution in [3.63, 3.8) is 0 Å². The minimum atomic E-state index is -0.318. The number of benzene rings is 2. The molecule has 4 rings (SSSR count). The summed E-state index contributed by atoms with van der Waals surface area (Å²) in [7, 11) is 0. The van der Waals surface area contributed by atoms with Crippen LogP contribution in [0.1, 0.15) is 27.9 Å². The molecule has 0 spiro atoms. The molecule has 0 aliphatic heterocycles. The van der Waals surface area contributed by atoms with Gasteiger partial charge in [0.05, 0.1) is 17.9 Å². The number of tetrazole rings is 1.